The maximum Gasteiger partial charge on any atom is 0.0410 e. The lowest BCUT2D eigenvalue weighted by Gasteiger charge is -2.19. The van der Waals surface area contributed by atoms with Gasteiger partial charge in [0.15, 0.2) is 0 Å². The predicted molar refractivity (Wildman–Crippen MR) is 90.5 cm³/mol. The fourth-order valence-corrected chi connectivity index (χ4v) is 3.00. The quantitative estimate of drug-likeness (QED) is 0.783. The fraction of sp³-hybridized carbons (Fsp3) is 0.294. The SMILES string of the molecule is CCc1ccc(CC(NC)c2cc(Cl)ccc2Br)cc1. The van der Waals surface area contributed by atoms with E-state index in [1.165, 1.54) is 16.7 Å². The maximum atomic E-state index is 6.11. The lowest BCUT2D eigenvalue weighted by Crippen LogP contribution is -2.19. The molecule has 2 aromatic carbocycles. The molecule has 0 aliphatic rings. The van der Waals surface area contributed by atoms with Gasteiger partial charge in [-0.3, -0.25) is 0 Å². The van der Waals surface area contributed by atoms with Gasteiger partial charge < -0.3 is 5.32 Å². The number of rotatable bonds is 5. The van der Waals surface area contributed by atoms with Crippen molar-refractivity contribution in [3.05, 3.63) is 68.7 Å². The van der Waals surface area contributed by atoms with Crippen molar-refractivity contribution in [3.8, 4) is 0 Å². The summed E-state index contributed by atoms with van der Waals surface area (Å²) in [5, 5.41) is 4.14. The Morgan fingerprint density at radius 2 is 1.75 bits per heavy atom. The summed E-state index contributed by atoms with van der Waals surface area (Å²) in [7, 11) is 1.98. The van der Waals surface area contributed by atoms with Crippen LogP contribution in [0.5, 0.6) is 0 Å². The zero-order chi connectivity index (χ0) is 14.5. The number of hydrogen-bond donors (Lipinski definition) is 1. The second-order valence-electron chi connectivity index (χ2n) is 4.88. The second-order valence-corrected chi connectivity index (χ2v) is 6.17. The van der Waals surface area contributed by atoms with Crippen LogP contribution in [0.1, 0.15) is 29.7 Å². The second kappa shape index (κ2) is 7.26. The Morgan fingerprint density at radius 1 is 1.10 bits per heavy atom. The van der Waals surface area contributed by atoms with Crippen LogP contribution in [0, 0.1) is 0 Å². The zero-order valence-electron chi connectivity index (χ0n) is 11.8. The average molecular weight is 353 g/mol. The zero-order valence-corrected chi connectivity index (χ0v) is 14.1. The van der Waals surface area contributed by atoms with Crippen molar-refractivity contribution in [1.29, 1.82) is 0 Å². The molecule has 0 spiro atoms. The van der Waals surface area contributed by atoms with Crippen LogP contribution in [0.3, 0.4) is 0 Å². The van der Waals surface area contributed by atoms with E-state index in [0.717, 1.165) is 22.3 Å². The van der Waals surface area contributed by atoms with Gasteiger partial charge in [0, 0.05) is 15.5 Å². The summed E-state index contributed by atoms with van der Waals surface area (Å²) in [6, 6.07) is 15.0. The minimum absolute atomic E-state index is 0.246. The van der Waals surface area contributed by atoms with E-state index in [1.54, 1.807) is 0 Å². The first-order valence-corrected chi connectivity index (χ1v) is 8.01. The van der Waals surface area contributed by atoms with Gasteiger partial charge in [-0.2, -0.15) is 0 Å². The molecule has 0 aliphatic heterocycles. The van der Waals surface area contributed by atoms with E-state index in [0.29, 0.717) is 0 Å². The molecule has 0 radical (unpaired) electrons. The molecule has 1 nitrogen and oxygen atoms in total. The van der Waals surface area contributed by atoms with Gasteiger partial charge >= 0.3 is 0 Å². The van der Waals surface area contributed by atoms with E-state index in [2.05, 4.69) is 52.4 Å². The Morgan fingerprint density at radius 3 is 2.35 bits per heavy atom. The van der Waals surface area contributed by atoms with Crippen molar-refractivity contribution in [2.75, 3.05) is 7.05 Å². The molecule has 0 saturated carbocycles. The Kier molecular flexibility index (Phi) is 5.64. The van der Waals surface area contributed by atoms with E-state index in [4.69, 9.17) is 11.6 Å². The molecule has 1 N–H and O–H groups in total. The summed E-state index contributed by atoms with van der Waals surface area (Å²) in [5.74, 6) is 0. The lowest BCUT2D eigenvalue weighted by atomic mass is 9.98. The summed E-state index contributed by atoms with van der Waals surface area (Å²) in [6.07, 6.45) is 2.02. The van der Waals surface area contributed by atoms with E-state index in [1.807, 2.05) is 25.2 Å². The Bertz CT molecular complexity index is 566. The molecule has 0 aliphatic carbocycles. The highest BCUT2D eigenvalue weighted by Crippen LogP contribution is 2.28. The van der Waals surface area contributed by atoms with Crippen LogP contribution in [0.25, 0.3) is 0 Å². The number of halogens is 2. The minimum atomic E-state index is 0.246. The molecule has 20 heavy (non-hydrogen) atoms. The van der Waals surface area contributed by atoms with Crippen LogP contribution >= 0.6 is 27.5 Å². The Labute approximate surface area is 134 Å². The topological polar surface area (TPSA) is 12.0 Å². The number of nitrogens with one attached hydrogen (secondary N) is 1. The van der Waals surface area contributed by atoms with Crippen LogP contribution in [0.2, 0.25) is 5.02 Å². The van der Waals surface area contributed by atoms with Gasteiger partial charge in [-0.1, -0.05) is 58.7 Å². The summed E-state index contributed by atoms with van der Waals surface area (Å²) < 4.78 is 1.09. The first kappa shape index (κ1) is 15.6. The standard InChI is InChI=1S/C17H19BrClN/c1-3-12-4-6-13(7-5-12)10-17(20-2)15-11-14(19)8-9-16(15)18/h4-9,11,17,20H,3,10H2,1-2H3. The number of benzene rings is 2. The molecular formula is C17H19BrClN. The lowest BCUT2D eigenvalue weighted by molar-refractivity contribution is 0.589. The van der Waals surface area contributed by atoms with E-state index in [-0.39, 0.29) is 6.04 Å². The smallest absolute Gasteiger partial charge is 0.0410 e. The van der Waals surface area contributed by atoms with Gasteiger partial charge in [-0.15, -0.1) is 0 Å². The molecule has 2 aromatic rings. The molecule has 0 heterocycles. The van der Waals surface area contributed by atoms with Crippen molar-refractivity contribution < 1.29 is 0 Å². The monoisotopic (exact) mass is 351 g/mol. The average Bonchev–Trinajstić information content (AvgIpc) is 2.48. The van der Waals surface area contributed by atoms with Crippen LogP contribution in [-0.2, 0) is 12.8 Å². The van der Waals surface area contributed by atoms with E-state index < -0.39 is 0 Å². The number of aryl methyl sites for hydroxylation is 1. The van der Waals surface area contributed by atoms with Gasteiger partial charge in [0.05, 0.1) is 0 Å². The summed E-state index contributed by atoms with van der Waals surface area (Å²) in [5.41, 5.74) is 3.90. The van der Waals surface area contributed by atoms with Crippen LogP contribution in [0.15, 0.2) is 46.9 Å². The van der Waals surface area contributed by atoms with Crippen LogP contribution in [0.4, 0.5) is 0 Å². The first-order chi connectivity index (χ1) is 9.63. The van der Waals surface area contributed by atoms with Crippen molar-refractivity contribution >= 4 is 27.5 Å². The Balaban J connectivity index is 2.21. The third-order valence-electron chi connectivity index (χ3n) is 3.55. The van der Waals surface area contributed by atoms with Crippen molar-refractivity contribution in [1.82, 2.24) is 5.32 Å². The highest BCUT2D eigenvalue weighted by atomic mass is 79.9. The molecule has 0 fully saturated rings. The summed E-state index contributed by atoms with van der Waals surface area (Å²) in [4.78, 5) is 0. The first-order valence-electron chi connectivity index (χ1n) is 6.84. The summed E-state index contributed by atoms with van der Waals surface area (Å²) >= 11 is 9.72. The predicted octanol–water partition coefficient (Wildman–Crippen LogP) is 5.17. The van der Waals surface area contributed by atoms with E-state index >= 15 is 0 Å². The van der Waals surface area contributed by atoms with Crippen molar-refractivity contribution in [2.45, 2.75) is 25.8 Å². The molecule has 0 saturated heterocycles. The molecule has 0 aromatic heterocycles. The third-order valence-corrected chi connectivity index (χ3v) is 4.51. The number of likely N-dealkylation sites (N-methyl/N-ethyl adjacent to an activating group) is 1. The van der Waals surface area contributed by atoms with Crippen molar-refractivity contribution in [3.63, 3.8) is 0 Å². The molecule has 0 bridgehead atoms. The molecule has 3 heteroatoms. The van der Waals surface area contributed by atoms with Gasteiger partial charge in [-0.25, -0.2) is 0 Å². The molecule has 1 atom stereocenters. The van der Waals surface area contributed by atoms with E-state index in [9.17, 15) is 0 Å². The molecule has 106 valence electrons. The maximum absolute atomic E-state index is 6.11. The van der Waals surface area contributed by atoms with Gasteiger partial charge in [0.1, 0.15) is 0 Å². The minimum Gasteiger partial charge on any atom is -0.313 e. The molecule has 0 amide bonds. The van der Waals surface area contributed by atoms with Gasteiger partial charge in [-0.05, 0) is 54.8 Å². The molecule has 2 rings (SSSR count). The summed E-state index contributed by atoms with van der Waals surface area (Å²) in [6.45, 7) is 2.18. The van der Waals surface area contributed by atoms with Crippen LogP contribution in [-0.4, -0.2) is 7.05 Å². The highest BCUT2D eigenvalue weighted by molar-refractivity contribution is 9.10. The number of hydrogen-bond acceptors (Lipinski definition) is 1. The fourth-order valence-electron chi connectivity index (χ4n) is 2.30. The highest BCUT2D eigenvalue weighted by Gasteiger charge is 2.14. The van der Waals surface area contributed by atoms with Gasteiger partial charge in [0.2, 0.25) is 0 Å². The molecule has 1 unspecified atom stereocenters. The van der Waals surface area contributed by atoms with Crippen molar-refractivity contribution in [2.24, 2.45) is 0 Å². The van der Waals surface area contributed by atoms with Gasteiger partial charge in [0.25, 0.3) is 0 Å². The molecular weight excluding hydrogens is 334 g/mol. The van der Waals surface area contributed by atoms with Crippen LogP contribution < -0.4 is 5.32 Å². The third kappa shape index (κ3) is 3.85. The normalized spacial score (nSPS) is 12.4. The Hall–Kier alpha value is -0.830. The largest absolute Gasteiger partial charge is 0.313 e.